The lowest BCUT2D eigenvalue weighted by atomic mass is 10.1. The smallest absolute Gasteiger partial charge is 0.321 e. The van der Waals surface area contributed by atoms with Gasteiger partial charge in [0.1, 0.15) is 5.78 Å². The van der Waals surface area contributed by atoms with Crippen molar-refractivity contribution >= 4 is 11.8 Å². The Bertz CT molecular complexity index is 257. The first-order valence-corrected chi connectivity index (χ1v) is 4.55. The zero-order valence-electron chi connectivity index (χ0n) is 7.99. The number of terminal acetylenes is 1. The first-order valence-electron chi connectivity index (χ1n) is 4.55. The number of hydrogen-bond acceptors (Lipinski definition) is 4. The fourth-order valence-corrected chi connectivity index (χ4v) is 1.31. The molecule has 0 aromatic heterocycles. The number of likely N-dealkylation sites (tertiary alicyclic amines) is 1. The van der Waals surface area contributed by atoms with Gasteiger partial charge in [0.25, 0.3) is 0 Å². The SMILES string of the molecule is C#CCOC(=O)CN1CCC(=O)CC1. The van der Waals surface area contributed by atoms with E-state index in [1.165, 1.54) is 0 Å². The van der Waals surface area contributed by atoms with Crippen molar-refractivity contribution in [3.63, 3.8) is 0 Å². The molecule has 1 saturated heterocycles. The Morgan fingerprint density at radius 2 is 2.14 bits per heavy atom. The van der Waals surface area contributed by atoms with E-state index in [0.717, 1.165) is 0 Å². The van der Waals surface area contributed by atoms with Crippen molar-refractivity contribution in [1.82, 2.24) is 4.90 Å². The topological polar surface area (TPSA) is 46.6 Å². The molecule has 1 aliphatic rings. The van der Waals surface area contributed by atoms with Crippen molar-refractivity contribution in [2.24, 2.45) is 0 Å². The van der Waals surface area contributed by atoms with Gasteiger partial charge in [-0.2, -0.15) is 0 Å². The van der Waals surface area contributed by atoms with Gasteiger partial charge < -0.3 is 4.74 Å². The predicted octanol–water partition coefficient (Wildman–Crippen LogP) is -0.172. The molecule has 0 saturated carbocycles. The molecular formula is C10H13NO3. The third kappa shape index (κ3) is 3.58. The Balaban J connectivity index is 2.21. The lowest BCUT2D eigenvalue weighted by Crippen LogP contribution is -2.38. The Kier molecular flexibility index (Phi) is 4.14. The molecule has 0 atom stereocenters. The lowest BCUT2D eigenvalue weighted by molar-refractivity contribution is -0.144. The first-order chi connectivity index (χ1) is 6.72. The van der Waals surface area contributed by atoms with Crippen molar-refractivity contribution in [2.75, 3.05) is 26.2 Å². The Morgan fingerprint density at radius 1 is 1.50 bits per heavy atom. The maximum Gasteiger partial charge on any atom is 0.321 e. The Labute approximate surface area is 83.2 Å². The van der Waals surface area contributed by atoms with Crippen LogP contribution in [0.1, 0.15) is 12.8 Å². The average molecular weight is 195 g/mol. The molecule has 1 fully saturated rings. The molecule has 0 aromatic carbocycles. The number of ketones is 1. The highest BCUT2D eigenvalue weighted by Crippen LogP contribution is 2.04. The largest absolute Gasteiger partial charge is 0.452 e. The second-order valence-corrected chi connectivity index (χ2v) is 3.18. The van der Waals surface area contributed by atoms with Crippen LogP contribution in [0.5, 0.6) is 0 Å². The average Bonchev–Trinajstić information content (AvgIpc) is 2.18. The van der Waals surface area contributed by atoms with Gasteiger partial charge in [-0.3, -0.25) is 14.5 Å². The van der Waals surface area contributed by atoms with Crippen molar-refractivity contribution in [3.8, 4) is 12.3 Å². The van der Waals surface area contributed by atoms with E-state index in [1.807, 2.05) is 4.90 Å². The molecule has 0 N–H and O–H groups in total. The molecular weight excluding hydrogens is 182 g/mol. The van der Waals surface area contributed by atoms with Crippen LogP contribution in [0, 0.1) is 12.3 Å². The highest BCUT2D eigenvalue weighted by Gasteiger charge is 2.18. The molecule has 1 aliphatic heterocycles. The van der Waals surface area contributed by atoms with Crippen LogP contribution >= 0.6 is 0 Å². The summed E-state index contributed by atoms with van der Waals surface area (Å²) in [6, 6.07) is 0. The summed E-state index contributed by atoms with van der Waals surface area (Å²) in [5, 5.41) is 0. The summed E-state index contributed by atoms with van der Waals surface area (Å²) in [6.07, 6.45) is 6.00. The standard InChI is InChI=1S/C10H13NO3/c1-2-7-14-10(13)8-11-5-3-9(12)4-6-11/h1H,3-8H2. The molecule has 14 heavy (non-hydrogen) atoms. The van der Waals surface area contributed by atoms with Gasteiger partial charge in [-0.05, 0) is 0 Å². The second-order valence-electron chi connectivity index (χ2n) is 3.18. The van der Waals surface area contributed by atoms with E-state index in [1.54, 1.807) is 0 Å². The number of nitrogens with zero attached hydrogens (tertiary/aromatic N) is 1. The van der Waals surface area contributed by atoms with Crippen LogP contribution in [0.2, 0.25) is 0 Å². The maximum absolute atomic E-state index is 11.1. The molecule has 0 spiro atoms. The molecule has 4 nitrogen and oxygen atoms in total. The van der Waals surface area contributed by atoms with E-state index >= 15 is 0 Å². The zero-order chi connectivity index (χ0) is 10.4. The van der Waals surface area contributed by atoms with Gasteiger partial charge in [0.15, 0.2) is 6.61 Å². The molecule has 0 aromatic rings. The van der Waals surface area contributed by atoms with E-state index < -0.39 is 0 Å². The number of esters is 1. The van der Waals surface area contributed by atoms with Crippen LogP contribution in [0.4, 0.5) is 0 Å². The molecule has 0 amide bonds. The van der Waals surface area contributed by atoms with Gasteiger partial charge in [-0.25, -0.2) is 0 Å². The van der Waals surface area contributed by atoms with E-state index in [2.05, 4.69) is 5.92 Å². The summed E-state index contributed by atoms with van der Waals surface area (Å²) >= 11 is 0. The molecule has 0 aliphatic carbocycles. The van der Waals surface area contributed by atoms with Crippen molar-refractivity contribution < 1.29 is 14.3 Å². The monoisotopic (exact) mass is 195 g/mol. The van der Waals surface area contributed by atoms with Crippen LogP contribution in [0.15, 0.2) is 0 Å². The van der Waals surface area contributed by atoms with E-state index in [9.17, 15) is 9.59 Å². The minimum absolute atomic E-state index is 0.0194. The number of carbonyl (C=O) groups excluding carboxylic acids is 2. The Morgan fingerprint density at radius 3 is 2.71 bits per heavy atom. The van der Waals surface area contributed by atoms with Crippen LogP contribution in [0.25, 0.3) is 0 Å². The quantitative estimate of drug-likeness (QED) is 0.463. The second kappa shape index (κ2) is 5.40. The molecule has 1 rings (SSSR count). The zero-order valence-corrected chi connectivity index (χ0v) is 7.99. The van der Waals surface area contributed by atoms with Gasteiger partial charge in [-0.1, -0.05) is 5.92 Å². The number of piperidine rings is 1. The minimum atomic E-state index is -0.322. The van der Waals surface area contributed by atoms with Gasteiger partial charge in [-0.15, -0.1) is 6.42 Å². The van der Waals surface area contributed by atoms with Crippen LogP contribution in [-0.2, 0) is 14.3 Å². The van der Waals surface area contributed by atoms with Crippen LogP contribution in [0.3, 0.4) is 0 Å². The Hall–Kier alpha value is -1.34. The third-order valence-corrected chi connectivity index (χ3v) is 2.08. The molecule has 0 bridgehead atoms. The van der Waals surface area contributed by atoms with E-state index in [0.29, 0.717) is 25.9 Å². The molecule has 76 valence electrons. The van der Waals surface area contributed by atoms with Crippen LogP contribution < -0.4 is 0 Å². The molecule has 0 radical (unpaired) electrons. The summed E-state index contributed by atoms with van der Waals surface area (Å²) in [5.74, 6) is 2.17. The van der Waals surface area contributed by atoms with E-state index in [-0.39, 0.29) is 24.9 Å². The highest BCUT2D eigenvalue weighted by molar-refractivity contribution is 5.80. The molecule has 4 heteroatoms. The van der Waals surface area contributed by atoms with Gasteiger partial charge in [0.2, 0.25) is 0 Å². The minimum Gasteiger partial charge on any atom is -0.452 e. The highest BCUT2D eigenvalue weighted by atomic mass is 16.5. The van der Waals surface area contributed by atoms with Crippen LogP contribution in [-0.4, -0.2) is 42.9 Å². The number of carbonyl (C=O) groups is 2. The summed E-state index contributed by atoms with van der Waals surface area (Å²) < 4.78 is 4.72. The summed E-state index contributed by atoms with van der Waals surface area (Å²) in [5.41, 5.74) is 0. The lowest BCUT2D eigenvalue weighted by Gasteiger charge is -2.24. The van der Waals surface area contributed by atoms with Crippen molar-refractivity contribution in [1.29, 1.82) is 0 Å². The number of rotatable bonds is 3. The summed E-state index contributed by atoms with van der Waals surface area (Å²) in [7, 11) is 0. The maximum atomic E-state index is 11.1. The summed E-state index contributed by atoms with van der Waals surface area (Å²) in [6.45, 7) is 1.54. The van der Waals surface area contributed by atoms with Crippen molar-refractivity contribution in [3.05, 3.63) is 0 Å². The van der Waals surface area contributed by atoms with Crippen molar-refractivity contribution in [2.45, 2.75) is 12.8 Å². The normalized spacial score (nSPS) is 17.5. The van der Waals surface area contributed by atoms with Gasteiger partial charge in [0.05, 0.1) is 6.54 Å². The summed E-state index contributed by atoms with van der Waals surface area (Å²) in [4.78, 5) is 23.9. The number of Topliss-reactive ketones (excluding diaryl/α,β-unsaturated/α-hetero) is 1. The van der Waals surface area contributed by atoms with Gasteiger partial charge in [0, 0.05) is 25.9 Å². The fraction of sp³-hybridized carbons (Fsp3) is 0.600. The fourth-order valence-electron chi connectivity index (χ4n) is 1.31. The third-order valence-electron chi connectivity index (χ3n) is 2.08. The van der Waals surface area contributed by atoms with E-state index in [4.69, 9.17) is 11.2 Å². The predicted molar refractivity (Wildman–Crippen MR) is 50.5 cm³/mol. The van der Waals surface area contributed by atoms with Gasteiger partial charge >= 0.3 is 5.97 Å². The number of hydrogen-bond donors (Lipinski definition) is 0. The molecule has 0 unspecified atom stereocenters. The molecule has 1 heterocycles. The first kappa shape index (κ1) is 10.7. The number of ether oxygens (including phenoxy) is 1.